The molecule has 1 fully saturated rings. The van der Waals surface area contributed by atoms with Crippen molar-refractivity contribution in [1.29, 1.82) is 0 Å². The molecule has 6 nitrogen and oxygen atoms in total. The van der Waals surface area contributed by atoms with Crippen molar-refractivity contribution in [3.05, 3.63) is 24.4 Å². The summed E-state index contributed by atoms with van der Waals surface area (Å²) in [6, 6.07) is 5.50. The van der Waals surface area contributed by atoms with Crippen molar-refractivity contribution < 1.29 is 4.79 Å². The molecule has 1 amide bonds. The van der Waals surface area contributed by atoms with Crippen molar-refractivity contribution in [3.8, 4) is 0 Å². The topological polar surface area (TPSA) is 71.3 Å². The minimum Gasteiger partial charge on any atom is -0.306 e. The van der Waals surface area contributed by atoms with Gasteiger partial charge in [0.1, 0.15) is 0 Å². The molecule has 0 saturated carbocycles. The smallest absolute Gasteiger partial charge is 0.243 e. The van der Waals surface area contributed by atoms with Gasteiger partial charge in [0.05, 0.1) is 6.04 Å². The van der Waals surface area contributed by atoms with E-state index in [2.05, 4.69) is 20.8 Å². The number of nitrogens with one attached hydrogen (secondary N) is 2. The van der Waals surface area contributed by atoms with Gasteiger partial charge in [0.25, 0.3) is 0 Å². The molecule has 94 valence electrons. The predicted octanol–water partition coefficient (Wildman–Crippen LogP) is 0.810. The van der Waals surface area contributed by atoms with Gasteiger partial charge in [-0.25, -0.2) is 0 Å². The number of nitrogens with zero attached hydrogens (tertiary/aromatic N) is 3. The van der Waals surface area contributed by atoms with Crippen molar-refractivity contribution >= 4 is 17.5 Å². The lowest BCUT2D eigenvalue weighted by Crippen LogP contribution is -2.43. The van der Waals surface area contributed by atoms with Crippen LogP contribution < -0.4 is 10.6 Å². The fraction of sp³-hybridized carbons (Fsp3) is 0.417. The van der Waals surface area contributed by atoms with E-state index in [1.807, 2.05) is 24.4 Å². The van der Waals surface area contributed by atoms with E-state index in [9.17, 15) is 4.79 Å². The molecule has 1 aliphatic heterocycles. The first-order valence-corrected chi connectivity index (χ1v) is 6.18. The van der Waals surface area contributed by atoms with E-state index in [-0.39, 0.29) is 11.9 Å². The first-order valence-electron chi connectivity index (χ1n) is 6.18. The Morgan fingerprint density at radius 1 is 1.39 bits per heavy atom. The highest BCUT2D eigenvalue weighted by molar-refractivity contribution is 5.93. The van der Waals surface area contributed by atoms with Crippen LogP contribution in [0, 0.1) is 0 Å². The standard InChI is InChI=1S/C12H15N5O/c18-11(9-5-1-3-7-13-9)14-12-16-15-10-6-2-4-8-17(10)12/h2,4,6,8-9,13H,1,3,5,7H2,(H,14,16,18). The molecule has 3 rings (SSSR count). The zero-order valence-corrected chi connectivity index (χ0v) is 9.97. The summed E-state index contributed by atoms with van der Waals surface area (Å²) >= 11 is 0. The highest BCUT2D eigenvalue weighted by atomic mass is 16.2. The second-order valence-corrected chi connectivity index (χ2v) is 4.44. The molecule has 0 aromatic carbocycles. The molecular formula is C12H15N5O. The summed E-state index contributed by atoms with van der Waals surface area (Å²) in [7, 11) is 0. The molecule has 1 saturated heterocycles. The van der Waals surface area contributed by atoms with E-state index in [4.69, 9.17) is 0 Å². The third kappa shape index (κ3) is 2.06. The molecule has 1 aliphatic rings. The number of hydrogen-bond donors (Lipinski definition) is 2. The Bertz CT molecular complexity index is 558. The molecular weight excluding hydrogens is 230 g/mol. The van der Waals surface area contributed by atoms with Crippen LogP contribution in [0.5, 0.6) is 0 Å². The van der Waals surface area contributed by atoms with Gasteiger partial charge in [0.2, 0.25) is 11.9 Å². The molecule has 2 N–H and O–H groups in total. The van der Waals surface area contributed by atoms with Crippen LogP contribution in [0.1, 0.15) is 19.3 Å². The van der Waals surface area contributed by atoms with Crippen molar-refractivity contribution in [1.82, 2.24) is 19.9 Å². The van der Waals surface area contributed by atoms with Crippen LogP contribution in [-0.4, -0.2) is 33.1 Å². The van der Waals surface area contributed by atoms with Crippen molar-refractivity contribution in [2.75, 3.05) is 11.9 Å². The van der Waals surface area contributed by atoms with Crippen molar-refractivity contribution in [2.45, 2.75) is 25.3 Å². The maximum Gasteiger partial charge on any atom is 0.243 e. The average Bonchev–Trinajstić information content (AvgIpc) is 2.83. The van der Waals surface area contributed by atoms with E-state index in [1.165, 1.54) is 0 Å². The van der Waals surface area contributed by atoms with Gasteiger partial charge in [-0.2, -0.15) is 0 Å². The van der Waals surface area contributed by atoms with E-state index >= 15 is 0 Å². The lowest BCUT2D eigenvalue weighted by Gasteiger charge is -2.21. The fourth-order valence-corrected chi connectivity index (χ4v) is 2.20. The Hall–Kier alpha value is -1.95. The monoisotopic (exact) mass is 245 g/mol. The molecule has 2 aromatic rings. The number of hydrogen-bond acceptors (Lipinski definition) is 4. The summed E-state index contributed by atoms with van der Waals surface area (Å²) in [6.45, 7) is 0.901. The quantitative estimate of drug-likeness (QED) is 0.821. The molecule has 6 heteroatoms. The molecule has 0 radical (unpaired) electrons. The van der Waals surface area contributed by atoms with Gasteiger partial charge >= 0.3 is 0 Å². The Morgan fingerprint density at radius 3 is 3.17 bits per heavy atom. The highest BCUT2D eigenvalue weighted by Crippen LogP contribution is 2.11. The second-order valence-electron chi connectivity index (χ2n) is 4.44. The number of rotatable bonds is 2. The minimum atomic E-state index is -0.116. The van der Waals surface area contributed by atoms with Crippen LogP contribution in [0.25, 0.3) is 5.65 Å². The molecule has 18 heavy (non-hydrogen) atoms. The highest BCUT2D eigenvalue weighted by Gasteiger charge is 2.21. The summed E-state index contributed by atoms with van der Waals surface area (Å²) < 4.78 is 1.76. The molecule has 2 aromatic heterocycles. The number of carbonyl (C=O) groups excluding carboxylic acids is 1. The summed E-state index contributed by atoms with van der Waals surface area (Å²) in [5.41, 5.74) is 0.726. The largest absolute Gasteiger partial charge is 0.306 e. The van der Waals surface area contributed by atoms with Crippen molar-refractivity contribution in [2.24, 2.45) is 0 Å². The Morgan fingerprint density at radius 2 is 2.33 bits per heavy atom. The maximum atomic E-state index is 12.1. The average molecular weight is 245 g/mol. The van der Waals surface area contributed by atoms with Gasteiger partial charge in [0.15, 0.2) is 5.65 Å². The van der Waals surface area contributed by atoms with Gasteiger partial charge in [-0.15, -0.1) is 10.2 Å². The van der Waals surface area contributed by atoms with Crippen LogP contribution in [0.15, 0.2) is 24.4 Å². The lowest BCUT2D eigenvalue weighted by atomic mass is 10.0. The first kappa shape index (κ1) is 11.2. The van der Waals surface area contributed by atoms with Gasteiger partial charge < -0.3 is 5.32 Å². The maximum absolute atomic E-state index is 12.1. The van der Waals surface area contributed by atoms with Crippen molar-refractivity contribution in [3.63, 3.8) is 0 Å². The molecule has 0 aliphatic carbocycles. The number of anilines is 1. The Kier molecular flexibility index (Phi) is 2.93. The molecule has 0 bridgehead atoms. The summed E-state index contributed by atoms with van der Waals surface area (Å²) in [5.74, 6) is 0.441. The van der Waals surface area contributed by atoms with Crippen LogP contribution in [0.2, 0.25) is 0 Å². The van der Waals surface area contributed by atoms with Crippen LogP contribution >= 0.6 is 0 Å². The first-order chi connectivity index (χ1) is 8.84. The Balaban J connectivity index is 1.77. The summed E-state index contributed by atoms with van der Waals surface area (Å²) in [6.07, 6.45) is 4.94. The fourth-order valence-electron chi connectivity index (χ4n) is 2.20. The minimum absolute atomic E-state index is 0.0344. The number of carbonyl (C=O) groups is 1. The number of amides is 1. The number of fused-ring (bicyclic) bond motifs is 1. The van der Waals surface area contributed by atoms with E-state index in [0.717, 1.165) is 31.5 Å². The van der Waals surface area contributed by atoms with Gasteiger partial charge in [-0.3, -0.25) is 14.5 Å². The zero-order chi connectivity index (χ0) is 12.4. The van der Waals surface area contributed by atoms with Crippen LogP contribution in [-0.2, 0) is 4.79 Å². The number of piperidine rings is 1. The van der Waals surface area contributed by atoms with Gasteiger partial charge in [-0.05, 0) is 31.5 Å². The van der Waals surface area contributed by atoms with E-state index < -0.39 is 0 Å². The number of pyridine rings is 1. The second kappa shape index (κ2) is 4.73. The SMILES string of the molecule is O=C(Nc1nnc2ccccn12)C1CCCCN1. The normalized spacial score (nSPS) is 19.9. The van der Waals surface area contributed by atoms with Gasteiger partial charge in [-0.1, -0.05) is 12.5 Å². The predicted molar refractivity (Wildman–Crippen MR) is 67.3 cm³/mol. The Labute approximate surface area is 104 Å². The van der Waals surface area contributed by atoms with E-state index in [0.29, 0.717) is 5.95 Å². The van der Waals surface area contributed by atoms with Crippen LogP contribution in [0.3, 0.4) is 0 Å². The molecule has 1 unspecified atom stereocenters. The molecule has 0 spiro atoms. The van der Waals surface area contributed by atoms with Gasteiger partial charge in [0, 0.05) is 6.20 Å². The number of aromatic nitrogens is 3. The third-order valence-corrected chi connectivity index (χ3v) is 3.18. The summed E-state index contributed by atoms with van der Waals surface area (Å²) in [4.78, 5) is 12.1. The summed E-state index contributed by atoms with van der Waals surface area (Å²) in [5, 5.41) is 14.0. The molecule has 1 atom stereocenters. The molecule has 3 heterocycles. The lowest BCUT2D eigenvalue weighted by molar-refractivity contribution is -0.118. The third-order valence-electron chi connectivity index (χ3n) is 3.18. The zero-order valence-electron chi connectivity index (χ0n) is 9.97. The van der Waals surface area contributed by atoms with Crippen LogP contribution in [0.4, 0.5) is 5.95 Å². The van der Waals surface area contributed by atoms with E-state index in [1.54, 1.807) is 4.40 Å².